The van der Waals surface area contributed by atoms with Crippen LogP contribution in [0.3, 0.4) is 0 Å². The lowest BCUT2D eigenvalue weighted by Crippen LogP contribution is -2.16. The molecule has 3 aromatic rings. The number of H-pyrrole nitrogens is 1. The lowest BCUT2D eigenvalue weighted by atomic mass is 10.3. The Balaban J connectivity index is 1.91. The van der Waals surface area contributed by atoms with E-state index in [9.17, 15) is 8.42 Å². The molecule has 3 rings (SSSR count). The summed E-state index contributed by atoms with van der Waals surface area (Å²) < 4.78 is 26.7. The molecule has 0 saturated carbocycles. The van der Waals surface area contributed by atoms with Gasteiger partial charge in [-0.3, -0.25) is 5.43 Å². The highest BCUT2D eigenvalue weighted by atomic mass is 32.2. The van der Waals surface area contributed by atoms with Gasteiger partial charge >= 0.3 is 0 Å². The van der Waals surface area contributed by atoms with Crippen molar-refractivity contribution < 1.29 is 8.42 Å². The predicted octanol–water partition coefficient (Wildman–Crippen LogP) is 0.439. The SMILES string of the molecule is NNc1ncc(S(=O)(=O)Nc2nc3ccccc3[nH]2)cn1. The van der Waals surface area contributed by atoms with E-state index in [2.05, 4.69) is 30.1 Å². The number of nitrogen functional groups attached to an aromatic ring is 1. The molecule has 0 unspecified atom stereocenters. The summed E-state index contributed by atoms with van der Waals surface area (Å²) in [5, 5.41) is 0. The maximum Gasteiger partial charge on any atom is 0.267 e. The van der Waals surface area contributed by atoms with Crippen LogP contribution in [0.5, 0.6) is 0 Å². The molecule has 0 spiro atoms. The van der Waals surface area contributed by atoms with Crippen LogP contribution < -0.4 is 16.0 Å². The number of sulfonamides is 1. The molecule has 0 saturated heterocycles. The summed E-state index contributed by atoms with van der Waals surface area (Å²) in [5.74, 6) is 5.37. The smallest absolute Gasteiger partial charge is 0.267 e. The van der Waals surface area contributed by atoms with Crippen LogP contribution in [0.2, 0.25) is 0 Å². The van der Waals surface area contributed by atoms with Gasteiger partial charge in [-0.2, -0.15) is 0 Å². The number of aromatic nitrogens is 4. The second kappa shape index (κ2) is 5.00. The Morgan fingerprint density at radius 1 is 1.14 bits per heavy atom. The molecule has 1 aromatic carbocycles. The minimum absolute atomic E-state index is 0.0954. The Bertz CT molecular complexity index is 840. The number of hydrazine groups is 1. The van der Waals surface area contributed by atoms with Crippen LogP contribution in [0.1, 0.15) is 0 Å². The first kappa shape index (κ1) is 13.3. The first-order chi connectivity index (χ1) is 10.1. The Morgan fingerprint density at radius 2 is 1.86 bits per heavy atom. The van der Waals surface area contributed by atoms with Gasteiger partial charge in [-0.05, 0) is 12.1 Å². The van der Waals surface area contributed by atoms with Gasteiger partial charge in [0.2, 0.25) is 11.9 Å². The van der Waals surface area contributed by atoms with Gasteiger partial charge in [-0.1, -0.05) is 12.1 Å². The van der Waals surface area contributed by atoms with Crippen molar-refractivity contribution in [1.29, 1.82) is 0 Å². The van der Waals surface area contributed by atoms with E-state index in [-0.39, 0.29) is 16.8 Å². The second-order valence-electron chi connectivity index (χ2n) is 4.09. The van der Waals surface area contributed by atoms with Crippen molar-refractivity contribution in [2.24, 2.45) is 5.84 Å². The first-order valence-corrected chi connectivity index (χ1v) is 7.33. The third-order valence-electron chi connectivity index (χ3n) is 2.69. The Labute approximate surface area is 119 Å². The molecule has 0 fully saturated rings. The van der Waals surface area contributed by atoms with E-state index in [1.165, 1.54) is 0 Å². The maximum absolute atomic E-state index is 12.2. The molecule has 0 aliphatic heterocycles. The molecular weight excluding hydrogens is 294 g/mol. The zero-order valence-electron chi connectivity index (χ0n) is 10.6. The summed E-state index contributed by atoms with van der Waals surface area (Å²) in [7, 11) is -3.82. The average molecular weight is 305 g/mol. The number of hydrogen-bond acceptors (Lipinski definition) is 7. The topological polar surface area (TPSA) is 139 Å². The lowest BCUT2D eigenvalue weighted by Gasteiger charge is -2.04. The van der Waals surface area contributed by atoms with E-state index in [1.54, 1.807) is 12.1 Å². The number of anilines is 2. The van der Waals surface area contributed by atoms with Gasteiger partial charge in [0, 0.05) is 0 Å². The third kappa shape index (κ3) is 2.61. The van der Waals surface area contributed by atoms with E-state index in [0.717, 1.165) is 17.9 Å². The van der Waals surface area contributed by atoms with Crippen LogP contribution in [0.25, 0.3) is 11.0 Å². The van der Waals surface area contributed by atoms with E-state index < -0.39 is 10.0 Å². The van der Waals surface area contributed by atoms with Crippen molar-refractivity contribution in [1.82, 2.24) is 19.9 Å². The molecule has 5 N–H and O–H groups in total. The van der Waals surface area contributed by atoms with Gasteiger partial charge in [0.1, 0.15) is 4.90 Å². The van der Waals surface area contributed by atoms with E-state index in [0.29, 0.717) is 5.52 Å². The van der Waals surface area contributed by atoms with Crippen LogP contribution in [0, 0.1) is 0 Å². The number of hydrogen-bond donors (Lipinski definition) is 4. The third-order valence-corrected chi connectivity index (χ3v) is 3.98. The average Bonchev–Trinajstić information content (AvgIpc) is 2.88. The van der Waals surface area contributed by atoms with Crippen LogP contribution in [0.15, 0.2) is 41.6 Å². The fraction of sp³-hybridized carbons (Fsp3) is 0. The molecule has 0 aliphatic rings. The summed E-state index contributed by atoms with van der Waals surface area (Å²) in [5.41, 5.74) is 3.61. The standard InChI is InChI=1S/C11H11N7O2S/c12-17-10-13-5-7(6-14-10)21(19,20)18-11-15-8-3-1-2-4-9(8)16-11/h1-6H,12H2,(H,13,14,17)(H2,15,16,18). The number of imidazole rings is 1. The normalized spacial score (nSPS) is 11.5. The number of nitrogens with two attached hydrogens (primary N) is 1. The molecule has 21 heavy (non-hydrogen) atoms. The number of rotatable bonds is 4. The van der Waals surface area contributed by atoms with Crippen molar-refractivity contribution in [2.45, 2.75) is 4.90 Å². The number of nitrogens with zero attached hydrogens (tertiary/aromatic N) is 3. The van der Waals surface area contributed by atoms with Crippen molar-refractivity contribution >= 4 is 33.0 Å². The van der Waals surface area contributed by atoms with Gasteiger partial charge in [-0.25, -0.2) is 33.9 Å². The minimum Gasteiger partial charge on any atom is -0.323 e. The summed E-state index contributed by atoms with van der Waals surface area (Å²) in [6.45, 7) is 0. The van der Waals surface area contributed by atoms with Gasteiger partial charge in [0.15, 0.2) is 0 Å². The molecular formula is C11H11N7O2S. The molecule has 0 amide bonds. The predicted molar refractivity (Wildman–Crippen MR) is 76.7 cm³/mol. The van der Waals surface area contributed by atoms with Crippen LogP contribution in [0.4, 0.5) is 11.9 Å². The van der Waals surface area contributed by atoms with Gasteiger partial charge in [-0.15, -0.1) is 0 Å². The molecule has 10 heteroatoms. The first-order valence-electron chi connectivity index (χ1n) is 5.85. The number of benzene rings is 1. The summed E-state index contributed by atoms with van der Waals surface area (Å²) in [6.07, 6.45) is 2.29. The van der Waals surface area contributed by atoms with Crippen molar-refractivity contribution in [3.8, 4) is 0 Å². The van der Waals surface area contributed by atoms with Gasteiger partial charge in [0.05, 0.1) is 23.4 Å². The number of aromatic amines is 1. The highest BCUT2D eigenvalue weighted by molar-refractivity contribution is 7.92. The van der Waals surface area contributed by atoms with Gasteiger partial charge in [0.25, 0.3) is 10.0 Å². The van der Waals surface area contributed by atoms with Crippen molar-refractivity contribution in [2.75, 3.05) is 10.1 Å². The number of nitrogens with one attached hydrogen (secondary N) is 3. The highest BCUT2D eigenvalue weighted by Crippen LogP contribution is 2.17. The Hall–Kier alpha value is -2.72. The summed E-state index contributed by atoms with van der Waals surface area (Å²) >= 11 is 0. The summed E-state index contributed by atoms with van der Waals surface area (Å²) in [4.78, 5) is 14.4. The van der Waals surface area contributed by atoms with Crippen LogP contribution in [-0.4, -0.2) is 28.4 Å². The number of fused-ring (bicyclic) bond motifs is 1. The zero-order chi connectivity index (χ0) is 14.9. The molecule has 0 bridgehead atoms. The largest absolute Gasteiger partial charge is 0.323 e. The molecule has 2 heterocycles. The van der Waals surface area contributed by atoms with E-state index in [1.807, 2.05) is 12.1 Å². The molecule has 2 aromatic heterocycles. The van der Waals surface area contributed by atoms with E-state index >= 15 is 0 Å². The van der Waals surface area contributed by atoms with Crippen molar-refractivity contribution in [3.63, 3.8) is 0 Å². The maximum atomic E-state index is 12.2. The molecule has 108 valence electrons. The van der Waals surface area contributed by atoms with Crippen LogP contribution >= 0.6 is 0 Å². The van der Waals surface area contributed by atoms with Crippen LogP contribution in [-0.2, 0) is 10.0 Å². The Morgan fingerprint density at radius 3 is 2.52 bits per heavy atom. The lowest BCUT2D eigenvalue weighted by molar-refractivity contribution is 0.600. The second-order valence-corrected chi connectivity index (χ2v) is 5.78. The minimum atomic E-state index is -3.82. The number of para-hydroxylation sites is 2. The highest BCUT2D eigenvalue weighted by Gasteiger charge is 2.17. The fourth-order valence-electron chi connectivity index (χ4n) is 1.72. The quantitative estimate of drug-likeness (QED) is 0.405. The zero-order valence-corrected chi connectivity index (χ0v) is 11.4. The molecule has 0 atom stereocenters. The Kier molecular flexibility index (Phi) is 3.16. The van der Waals surface area contributed by atoms with Gasteiger partial charge < -0.3 is 4.98 Å². The van der Waals surface area contributed by atoms with E-state index in [4.69, 9.17) is 5.84 Å². The molecule has 9 nitrogen and oxygen atoms in total. The fourth-order valence-corrected chi connectivity index (χ4v) is 2.57. The summed E-state index contributed by atoms with van der Waals surface area (Å²) in [6, 6.07) is 7.21. The molecule has 0 aliphatic carbocycles. The molecule has 0 radical (unpaired) electrons. The van der Waals surface area contributed by atoms with Crippen molar-refractivity contribution in [3.05, 3.63) is 36.7 Å². The monoisotopic (exact) mass is 305 g/mol.